The summed E-state index contributed by atoms with van der Waals surface area (Å²) in [5, 5.41) is 0. The SMILES string of the molecule is COC(=O)C/C(=C/C(=O)c1ccco1)C(F)(F)F. The van der Waals surface area contributed by atoms with Crippen molar-refractivity contribution in [1.29, 1.82) is 0 Å². The summed E-state index contributed by atoms with van der Waals surface area (Å²) in [7, 11) is 0.963. The Morgan fingerprint density at radius 2 is 2.11 bits per heavy atom. The molecule has 4 nitrogen and oxygen atoms in total. The monoisotopic (exact) mass is 262 g/mol. The molecule has 0 aliphatic rings. The van der Waals surface area contributed by atoms with E-state index in [4.69, 9.17) is 0 Å². The molecular formula is C11H9F3O4. The average Bonchev–Trinajstić information content (AvgIpc) is 2.79. The molecule has 0 amide bonds. The summed E-state index contributed by atoms with van der Waals surface area (Å²) in [6.45, 7) is 0. The number of hydrogen-bond acceptors (Lipinski definition) is 4. The third-order valence-corrected chi connectivity index (χ3v) is 2.00. The fourth-order valence-corrected chi connectivity index (χ4v) is 1.11. The summed E-state index contributed by atoms with van der Waals surface area (Å²) >= 11 is 0. The zero-order chi connectivity index (χ0) is 13.8. The molecule has 0 saturated carbocycles. The first-order valence-electron chi connectivity index (χ1n) is 4.77. The van der Waals surface area contributed by atoms with Crippen molar-refractivity contribution in [2.45, 2.75) is 12.6 Å². The van der Waals surface area contributed by atoms with E-state index >= 15 is 0 Å². The maximum Gasteiger partial charge on any atom is 0.413 e. The van der Waals surface area contributed by atoms with Crippen molar-refractivity contribution in [1.82, 2.24) is 0 Å². The number of furan rings is 1. The van der Waals surface area contributed by atoms with Crippen molar-refractivity contribution in [2.75, 3.05) is 7.11 Å². The largest absolute Gasteiger partial charge is 0.469 e. The summed E-state index contributed by atoms with van der Waals surface area (Å²) in [6, 6.07) is 2.60. The number of carbonyl (C=O) groups is 2. The Hall–Kier alpha value is -2.05. The Morgan fingerprint density at radius 3 is 2.56 bits per heavy atom. The van der Waals surface area contributed by atoms with Gasteiger partial charge in [0, 0.05) is 5.57 Å². The number of ether oxygens (including phenoxy) is 1. The molecule has 1 aromatic rings. The fourth-order valence-electron chi connectivity index (χ4n) is 1.11. The predicted octanol–water partition coefficient (Wildman–Crippen LogP) is 2.51. The second-order valence-electron chi connectivity index (χ2n) is 3.26. The van der Waals surface area contributed by atoms with Crippen molar-refractivity contribution < 1.29 is 31.9 Å². The van der Waals surface area contributed by atoms with E-state index in [-0.39, 0.29) is 5.76 Å². The number of allylic oxidation sites excluding steroid dienone is 1. The highest BCUT2D eigenvalue weighted by molar-refractivity contribution is 6.03. The Labute approximate surface area is 100 Å². The minimum Gasteiger partial charge on any atom is -0.469 e. The van der Waals surface area contributed by atoms with Gasteiger partial charge in [-0.2, -0.15) is 13.2 Å². The lowest BCUT2D eigenvalue weighted by Gasteiger charge is -2.09. The maximum absolute atomic E-state index is 12.6. The highest BCUT2D eigenvalue weighted by Crippen LogP contribution is 2.28. The van der Waals surface area contributed by atoms with E-state index in [9.17, 15) is 22.8 Å². The lowest BCUT2D eigenvalue weighted by Crippen LogP contribution is -2.17. The molecule has 0 aromatic carbocycles. The number of methoxy groups -OCH3 is 1. The minimum absolute atomic E-state index is 0.235. The van der Waals surface area contributed by atoms with E-state index in [1.807, 2.05) is 0 Å². The van der Waals surface area contributed by atoms with Crippen LogP contribution in [0.2, 0.25) is 0 Å². The van der Waals surface area contributed by atoms with Gasteiger partial charge >= 0.3 is 12.1 Å². The molecule has 1 heterocycles. The van der Waals surface area contributed by atoms with E-state index in [0.717, 1.165) is 13.4 Å². The number of alkyl halides is 3. The van der Waals surface area contributed by atoms with E-state index in [2.05, 4.69) is 9.15 Å². The molecule has 0 saturated heterocycles. The van der Waals surface area contributed by atoms with Crippen LogP contribution in [-0.4, -0.2) is 25.0 Å². The number of esters is 1. The first-order chi connectivity index (χ1) is 8.34. The second kappa shape index (κ2) is 5.52. The third-order valence-electron chi connectivity index (χ3n) is 2.00. The number of halogens is 3. The molecule has 98 valence electrons. The Balaban J connectivity index is 2.96. The molecule has 0 aliphatic carbocycles. The Morgan fingerprint density at radius 1 is 1.44 bits per heavy atom. The smallest absolute Gasteiger partial charge is 0.413 e. The molecule has 0 radical (unpaired) electrons. The molecule has 0 atom stereocenters. The lowest BCUT2D eigenvalue weighted by molar-refractivity contribution is -0.143. The number of ketones is 1. The van der Waals surface area contributed by atoms with E-state index in [1.165, 1.54) is 12.1 Å². The van der Waals surface area contributed by atoms with Crippen molar-refractivity contribution in [3.8, 4) is 0 Å². The van der Waals surface area contributed by atoms with Gasteiger partial charge in [0.15, 0.2) is 5.76 Å². The number of rotatable bonds is 4. The van der Waals surface area contributed by atoms with E-state index in [0.29, 0.717) is 6.08 Å². The van der Waals surface area contributed by atoms with Gasteiger partial charge in [0.2, 0.25) is 5.78 Å². The van der Waals surface area contributed by atoms with Crippen molar-refractivity contribution in [3.63, 3.8) is 0 Å². The van der Waals surface area contributed by atoms with E-state index in [1.54, 1.807) is 0 Å². The van der Waals surface area contributed by atoms with Gasteiger partial charge < -0.3 is 9.15 Å². The molecule has 0 aliphatic heterocycles. The van der Waals surface area contributed by atoms with Crippen LogP contribution in [-0.2, 0) is 9.53 Å². The lowest BCUT2D eigenvalue weighted by atomic mass is 10.1. The second-order valence-corrected chi connectivity index (χ2v) is 3.26. The van der Waals surface area contributed by atoms with Crippen LogP contribution in [0.25, 0.3) is 0 Å². The van der Waals surface area contributed by atoms with Crippen LogP contribution in [0.15, 0.2) is 34.5 Å². The highest BCUT2D eigenvalue weighted by atomic mass is 19.4. The summed E-state index contributed by atoms with van der Waals surface area (Å²) in [5.41, 5.74) is -1.28. The van der Waals surface area contributed by atoms with Gasteiger partial charge in [0.1, 0.15) is 0 Å². The molecule has 0 bridgehead atoms. The standard InChI is InChI=1S/C11H9F3O4/c1-17-10(16)6-7(11(12,13)14)5-8(15)9-3-2-4-18-9/h2-5H,6H2,1H3/b7-5-. The first-order valence-corrected chi connectivity index (χ1v) is 4.77. The first kappa shape index (κ1) is 14.0. The van der Waals surface area contributed by atoms with E-state index < -0.39 is 29.9 Å². The number of carbonyl (C=O) groups excluding carboxylic acids is 2. The summed E-state index contributed by atoms with van der Waals surface area (Å²) < 4.78 is 46.5. The van der Waals surface area contributed by atoms with Crippen molar-refractivity contribution in [3.05, 3.63) is 35.8 Å². The fraction of sp³-hybridized carbons (Fsp3) is 0.273. The molecule has 0 unspecified atom stereocenters. The van der Waals surface area contributed by atoms with Crippen LogP contribution in [0, 0.1) is 0 Å². The summed E-state index contributed by atoms with van der Waals surface area (Å²) in [5.74, 6) is -2.27. The molecule has 1 aromatic heterocycles. The summed E-state index contributed by atoms with van der Waals surface area (Å²) in [4.78, 5) is 22.2. The van der Waals surface area contributed by atoms with Gasteiger partial charge in [-0.3, -0.25) is 9.59 Å². The van der Waals surface area contributed by atoms with Crippen molar-refractivity contribution >= 4 is 11.8 Å². The molecule has 18 heavy (non-hydrogen) atoms. The average molecular weight is 262 g/mol. The third kappa shape index (κ3) is 3.76. The van der Waals surface area contributed by atoms with Crippen LogP contribution in [0.3, 0.4) is 0 Å². The minimum atomic E-state index is -4.78. The van der Waals surface area contributed by atoms with Crippen LogP contribution >= 0.6 is 0 Å². The van der Waals surface area contributed by atoms with Gasteiger partial charge in [-0.1, -0.05) is 0 Å². The van der Waals surface area contributed by atoms with Gasteiger partial charge in [0.25, 0.3) is 0 Å². The predicted molar refractivity (Wildman–Crippen MR) is 53.8 cm³/mol. The molecule has 0 fully saturated rings. The number of hydrogen-bond donors (Lipinski definition) is 0. The van der Waals surface area contributed by atoms with Gasteiger partial charge in [0.05, 0.1) is 19.8 Å². The maximum atomic E-state index is 12.6. The normalized spacial score (nSPS) is 12.3. The molecule has 7 heteroatoms. The van der Waals surface area contributed by atoms with Gasteiger partial charge in [-0.15, -0.1) is 0 Å². The molecule has 0 spiro atoms. The quantitative estimate of drug-likeness (QED) is 0.475. The summed E-state index contributed by atoms with van der Waals surface area (Å²) in [6.07, 6.45) is -4.31. The van der Waals surface area contributed by atoms with Crippen LogP contribution in [0.4, 0.5) is 13.2 Å². The zero-order valence-electron chi connectivity index (χ0n) is 9.28. The molecule has 1 rings (SSSR count). The van der Waals surface area contributed by atoms with Crippen molar-refractivity contribution in [2.24, 2.45) is 0 Å². The molecule has 0 N–H and O–H groups in total. The van der Waals surface area contributed by atoms with Crippen LogP contribution in [0.5, 0.6) is 0 Å². The van der Waals surface area contributed by atoms with Gasteiger partial charge in [-0.05, 0) is 18.2 Å². The van der Waals surface area contributed by atoms with Crippen LogP contribution < -0.4 is 0 Å². The topological polar surface area (TPSA) is 56.5 Å². The zero-order valence-corrected chi connectivity index (χ0v) is 9.28. The Bertz CT molecular complexity index is 457. The highest BCUT2D eigenvalue weighted by Gasteiger charge is 2.36. The Kier molecular flexibility index (Phi) is 4.30. The van der Waals surface area contributed by atoms with Gasteiger partial charge in [-0.25, -0.2) is 0 Å². The van der Waals surface area contributed by atoms with Crippen LogP contribution in [0.1, 0.15) is 17.0 Å². The molecular weight excluding hydrogens is 253 g/mol.